The maximum absolute atomic E-state index is 11.5. The minimum Gasteiger partial charge on any atom is -0.325 e. The van der Waals surface area contributed by atoms with Crippen molar-refractivity contribution in [3.8, 4) is 6.07 Å². The molecule has 0 heterocycles. The van der Waals surface area contributed by atoms with Crippen molar-refractivity contribution < 1.29 is 4.79 Å². The minimum atomic E-state index is -0.0197. The molecule has 0 aliphatic heterocycles. The van der Waals surface area contributed by atoms with E-state index in [2.05, 4.69) is 5.32 Å². The third-order valence-corrected chi connectivity index (χ3v) is 2.54. The first-order valence-corrected chi connectivity index (χ1v) is 5.09. The van der Waals surface area contributed by atoms with E-state index in [4.69, 9.17) is 16.9 Å². The van der Waals surface area contributed by atoms with Crippen LogP contribution >= 0.6 is 11.6 Å². The molecule has 0 bridgehead atoms. The standard InChI is InChI=1S/C11H9ClN2O/c12-9-4-3-8(6-13)10(5-9)14-11(15)7-1-2-7/h3-5,7H,1-2H2,(H,14,15). The number of halogens is 1. The highest BCUT2D eigenvalue weighted by Gasteiger charge is 2.29. The minimum absolute atomic E-state index is 0.0197. The Balaban J connectivity index is 2.22. The molecular formula is C11H9ClN2O. The Bertz CT molecular complexity index is 446. The lowest BCUT2D eigenvalue weighted by molar-refractivity contribution is -0.117. The van der Waals surface area contributed by atoms with E-state index in [-0.39, 0.29) is 11.8 Å². The van der Waals surface area contributed by atoms with Crippen molar-refractivity contribution in [2.24, 2.45) is 5.92 Å². The van der Waals surface area contributed by atoms with Crippen LogP contribution in [0.2, 0.25) is 5.02 Å². The second-order valence-electron chi connectivity index (χ2n) is 3.57. The van der Waals surface area contributed by atoms with Gasteiger partial charge in [0.15, 0.2) is 0 Å². The zero-order valence-electron chi connectivity index (χ0n) is 7.96. The molecule has 1 saturated carbocycles. The number of hydrogen-bond acceptors (Lipinski definition) is 2. The van der Waals surface area contributed by atoms with Crippen molar-refractivity contribution in [1.29, 1.82) is 5.26 Å². The monoisotopic (exact) mass is 220 g/mol. The van der Waals surface area contributed by atoms with Gasteiger partial charge in [-0.05, 0) is 31.0 Å². The van der Waals surface area contributed by atoms with Gasteiger partial charge in [-0.1, -0.05) is 11.6 Å². The van der Waals surface area contributed by atoms with Crippen LogP contribution in [0.1, 0.15) is 18.4 Å². The average Bonchev–Trinajstić information content (AvgIpc) is 3.01. The molecular weight excluding hydrogens is 212 g/mol. The Kier molecular flexibility index (Phi) is 2.61. The average molecular weight is 221 g/mol. The van der Waals surface area contributed by atoms with Gasteiger partial charge in [-0.3, -0.25) is 4.79 Å². The SMILES string of the molecule is N#Cc1ccc(Cl)cc1NC(=O)C1CC1. The molecule has 0 unspecified atom stereocenters. The fraction of sp³-hybridized carbons (Fsp3) is 0.273. The van der Waals surface area contributed by atoms with E-state index in [1.54, 1.807) is 18.2 Å². The van der Waals surface area contributed by atoms with E-state index in [1.165, 1.54) is 0 Å². The molecule has 1 aromatic rings. The van der Waals surface area contributed by atoms with Crippen LogP contribution in [0.25, 0.3) is 0 Å². The summed E-state index contributed by atoms with van der Waals surface area (Å²) in [5, 5.41) is 12.1. The van der Waals surface area contributed by atoms with Crippen molar-refractivity contribution in [1.82, 2.24) is 0 Å². The van der Waals surface area contributed by atoms with Crippen molar-refractivity contribution in [3.05, 3.63) is 28.8 Å². The van der Waals surface area contributed by atoms with E-state index < -0.39 is 0 Å². The van der Waals surface area contributed by atoms with Gasteiger partial charge in [0.2, 0.25) is 5.91 Å². The molecule has 3 nitrogen and oxygen atoms in total. The van der Waals surface area contributed by atoms with Gasteiger partial charge >= 0.3 is 0 Å². The lowest BCUT2D eigenvalue weighted by Crippen LogP contribution is -2.14. The molecule has 1 aromatic carbocycles. The first-order valence-electron chi connectivity index (χ1n) is 4.71. The molecule has 1 aliphatic carbocycles. The van der Waals surface area contributed by atoms with E-state index in [1.807, 2.05) is 6.07 Å². The summed E-state index contributed by atoms with van der Waals surface area (Å²) in [4.78, 5) is 11.5. The lowest BCUT2D eigenvalue weighted by Gasteiger charge is -2.06. The van der Waals surface area contributed by atoms with Gasteiger partial charge in [0.25, 0.3) is 0 Å². The second kappa shape index (κ2) is 3.92. The predicted octanol–water partition coefficient (Wildman–Crippen LogP) is 2.56. The highest BCUT2D eigenvalue weighted by Crippen LogP contribution is 2.31. The number of amides is 1. The Morgan fingerprint density at radius 2 is 2.27 bits per heavy atom. The van der Waals surface area contributed by atoms with Crippen molar-refractivity contribution in [2.75, 3.05) is 5.32 Å². The third-order valence-electron chi connectivity index (χ3n) is 2.31. The van der Waals surface area contributed by atoms with Crippen LogP contribution in [-0.2, 0) is 4.79 Å². The van der Waals surface area contributed by atoms with Gasteiger partial charge in [-0.2, -0.15) is 5.26 Å². The number of nitrogens with one attached hydrogen (secondary N) is 1. The number of anilines is 1. The van der Waals surface area contributed by atoms with Crippen LogP contribution < -0.4 is 5.32 Å². The number of nitrogens with zero attached hydrogens (tertiary/aromatic N) is 1. The van der Waals surface area contributed by atoms with Crippen LogP contribution in [0.5, 0.6) is 0 Å². The predicted molar refractivity (Wildman–Crippen MR) is 57.5 cm³/mol. The molecule has 0 radical (unpaired) electrons. The molecule has 4 heteroatoms. The van der Waals surface area contributed by atoms with Gasteiger partial charge in [0.1, 0.15) is 6.07 Å². The van der Waals surface area contributed by atoms with Gasteiger partial charge in [0, 0.05) is 10.9 Å². The molecule has 15 heavy (non-hydrogen) atoms. The molecule has 1 fully saturated rings. The summed E-state index contributed by atoms with van der Waals surface area (Å²) in [7, 11) is 0. The first kappa shape index (κ1) is 10.0. The normalized spacial score (nSPS) is 14.4. The van der Waals surface area contributed by atoms with Crippen LogP contribution in [0.4, 0.5) is 5.69 Å². The zero-order chi connectivity index (χ0) is 10.8. The number of nitriles is 1. The van der Waals surface area contributed by atoms with Crippen LogP contribution in [-0.4, -0.2) is 5.91 Å². The molecule has 0 spiro atoms. The second-order valence-corrected chi connectivity index (χ2v) is 4.00. The number of carbonyl (C=O) groups is 1. The summed E-state index contributed by atoms with van der Waals surface area (Å²) in [6.45, 7) is 0. The van der Waals surface area contributed by atoms with Gasteiger partial charge in [-0.25, -0.2) is 0 Å². The summed E-state index contributed by atoms with van der Waals surface area (Å²) in [6, 6.07) is 6.85. The molecule has 0 atom stereocenters. The van der Waals surface area contributed by atoms with Gasteiger partial charge < -0.3 is 5.32 Å². The van der Waals surface area contributed by atoms with Gasteiger partial charge in [-0.15, -0.1) is 0 Å². The van der Waals surface area contributed by atoms with E-state index in [9.17, 15) is 4.79 Å². The summed E-state index contributed by atoms with van der Waals surface area (Å²) in [6.07, 6.45) is 1.88. The van der Waals surface area contributed by atoms with Crippen LogP contribution in [0, 0.1) is 17.2 Å². The summed E-state index contributed by atoms with van der Waals surface area (Å²) < 4.78 is 0. The summed E-state index contributed by atoms with van der Waals surface area (Å²) >= 11 is 5.79. The van der Waals surface area contributed by atoms with Crippen LogP contribution in [0.3, 0.4) is 0 Å². The molecule has 1 N–H and O–H groups in total. The van der Waals surface area contributed by atoms with Crippen LogP contribution in [0.15, 0.2) is 18.2 Å². The molecule has 1 amide bonds. The Morgan fingerprint density at radius 3 is 2.87 bits per heavy atom. The maximum Gasteiger partial charge on any atom is 0.227 e. The van der Waals surface area contributed by atoms with E-state index in [0.717, 1.165) is 12.8 Å². The largest absolute Gasteiger partial charge is 0.325 e. The quantitative estimate of drug-likeness (QED) is 0.833. The first-order chi connectivity index (χ1) is 7.20. The third kappa shape index (κ3) is 2.28. The van der Waals surface area contributed by atoms with E-state index >= 15 is 0 Å². The summed E-state index contributed by atoms with van der Waals surface area (Å²) in [5.41, 5.74) is 0.940. The fourth-order valence-corrected chi connectivity index (χ4v) is 1.47. The molecule has 0 saturated heterocycles. The smallest absolute Gasteiger partial charge is 0.227 e. The fourth-order valence-electron chi connectivity index (χ4n) is 1.30. The number of carbonyl (C=O) groups excluding carboxylic acids is 1. The van der Waals surface area contributed by atoms with Crippen molar-refractivity contribution in [3.63, 3.8) is 0 Å². The molecule has 76 valence electrons. The highest BCUT2D eigenvalue weighted by atomic mass is 35.5. The van der Waals surface area contributed by atoms with Crippen molar-refractivity contribution in [2.45, 2.75) is 12.8 Å². The van der Waals surface area contributed by atoms with Crippen molar-refractivity contribution >= 4 is 23.2 Å². The Labute approximate surface area is 92.7 Å². The lowest BCUT2D eigenvalue weighted by atomic mass is 10.2. The van der Waals surface area contributed by atoms with E-state index in [0.29, 0.717) is 16.3 Å². The number of benzene rings is 1. The highest BCUT2D eigenvalue weighted by molar-refractivity contribution is 6.31. The number of rotatable bonds is 2. The maximum atomic E-state index is 11.5. The summed E-state index contributed by atoms with van der Waals surface area (Å²) in [5.74, 6) is 0.101. The molecule has 0 aromatic heterocycles. The molecule has 2 rings (SSSR count). The Morgan fingerprint density at radius 1 is 1.53 bits per heavy atom. The topological polar surface area (TPSA) is 52.9 Å². The molecule has 1 aliphatic rings. The Hall–Kier alpha value is -1.53. The number of hydrogen-bond donors (Lipinski definition) is 1. The zero-order valence-corrected chi connectivity index (χ0v) is 8.71. The van der Waals surface area contributed by atoms with Gasteiger partial charge in [0.05, 0.1) is 11.3 Å².